The molecule has 0 atom stereocenters. The predicted octanol–water partition coefficient (Wildman–Crippen LogP) is 6.39. The van der Waals surface area contributed by atoms with Crippen molar-refractivity contribution in [3.63, 3.8) is 0 Å². The molecule has 0 aliphatic carbocycles. The number of furan rings is 1. The van der Waals surface area contributed by atoms with Crippen molar-refractivity contribution in [3.8, 4) is 11.5 Å². The van der Waals surface area contributed by atoms with Gasteiger partial charge in [-0.1, -0.05) is 25.5 Å². The van der Waals surface area contributed by atoms with Crippen LogP contribution in [0.4, 0.5) is 8.78 Å². The Balaban J connectivity index is 1.95. The van der Waals surface area contributed by atoms with Crippen molar-refractivity contribution >= 4 is 21.9 Å². The van der Waals surface area contributed by atoms with E-state index in [0.29, 0.717) is 30.4 Å². The number of fused-ring (bicyclic) bond motifs is 3. The number of hydrogen-bond donors (Lipinski definition) is 0. The fourth-order valence-electron chi connectivity index (χ4n) is 2.75. The molecule has 3 nitrogen and oxygen atoms in total. The molecule has 1 heterocycles. The number of ether oxygens (including phenoxy) is 2. The molecule has 26 heavy (non-hydrogen) atoms. The molecular weight excluding hydrogens is 338 g/mol. The average molecular weight is 360 g/mol. The Labute approximate surface area is 151 Å². The quantitative estimate of drug-likeness (QED) is 0.345. The lowest BCUT2D eigenvalue weighted by Crippen LogP contribution is -1.98. The molecule has 2 aromatic carbocycles. The van der Waals surface area contributed by atoms with E-state index < -0.39 is 11.6 Å². The first-order valence-corrected chi connectivity index (χ1v) is 8.87. The topological polar surface area (TPSA) is 31.6 Å². The van der Waals surface area contributed by atoms with Crippen molar-refractivity contribution in [1.82, 2.24) is 0 Å². The summed E-state index contributed by atoms with van der Waals surface area (Å²) in [7, 11) is 0. The monoisotopic (exact) mass is 360 g/mol. The molecule has 0 bridgehead atoms. The van der Waals surface area contributed by atoms with Crippen LogP contribution < -0.4 is 9.47 Å². The highest BCUT2D eigenvalue weighted by molar-refractivity contribution is 6.06. The van der Waals surface area contributed by atoms with E-state index in [1.807, 2.05) is 26.0 Å². The number of benzene rings is 2. The summed E-state index contributed by atoms with van der Waals surface area (Å²) in [5, 5.41) is 1.03. The molecule has 0 saturated heterocycles. The third-order valence-electron chi connectivity index (χ3n) is 4.15. The highest BCUT2D eigenvalue weighted by Crippen LogP contribution is 2.37. The summed E-state index contributed by atoms with van der Waals surface area (Å²) in [5.41, 5.74) is -0.00731. The second-order valence-electron chi connectivity index (χ2n) is 6.02. The zero-order valence-electron chi connectivity index (χ0n) is 15.0. The number of hydrogen-bond acceptors (Lipinski definition) is 3. The van der Waals surface area contributed by atoms with Gasteiger partial charge in [0.1, 0.15) is 0 Å². The summed E-state index contributed by atoms with van der Waals surface area (Å²) in [6.45, 7) is 4.73. The van der Waals surface area contributed by atoms with E-state index in [0.717, 1.165) is 12.8 Å². The van der Waals surface area contributed by atoms with Crippen LogP contribution >= 0.6 is 0 Å². The molecular formula is C21H22F2O3. The summed E-state index contributed by atoms with van der Waals surface area (Å²) in [4.78, 5) is 0. The van der Waals surface area contributed by atoms with E-state index in [1.165, 1.54) is 0 Å². The first kappa shape index (κ1) is 18.2. The molecule has 0 saturated carbocycles. The molecule has 0 aliphatic rings. The summed E-state index contributed by atoms with van der Waals surface area (Å²) < 4.78 is 45.8. The number of allylic oxidation sites excluding steroid dienone is 1. The normalized spacial score (nSPS) is 11.7. The van der Waals surface area contributed by atoms with Gasteiger partial charge in [-0.3, -0.25) is 0 Å². The van der Waals surface area contributed by atoms with Crippen LogP contribution in [0.2, 0.25) is 0 Å². The van der Waals surface area contributed by atoms with Gasteiger partial charge in [-0.25, -0.2) is 0 Å². The molecule has 0 aliphatic heterocycles. The summed E-state index contributed by atoms with van der Waals surface area (Å²) >= 11 is 0. The van der Waals surface area contributed by atoms with Gasteiger partial charge < -0.3 is 13.9 Å². The Kier molecular flexibility index (Phi) is 5.76. The van der Waals surface area contributed by atoms with Crippen LogP contribution in [0.5, 0.6) is 11.5 Å². The lowest BCUT2D eigenvalue weighted by molar-refractivity contribution is 0.294. The Morgan fingerprint density at radius 2 is 1.50 bits per heavy atom. The third-order valence-corrected chi connectivity index (χ3v) is 4.15. The van der Waals surface area contributed by atoms with Crippen molar-refractivity contribution in [2.75, 3.05) is 13.2 Å². The van der Waals surface area contributed by atoms with Crippen LogP contribution in [0.25, 0.3) is 21.9 Å². The zero-order chi connectivity index (χ0) is 18.5. The van der Waals surface area contributed by atoms with Gasteiger partial charge in [-0.05, 0) is 44.0 Å². The average Bonchev–Trinajstić information content (AvgIpc) is 3.03. The fraction of sp³-hybridized carbons (Fsp3) is 0.333. The van der Waals surface area contributed by atoms with Gasteiger partial charge in [-0.15, -0.1) is 0 Å². The highest BCUT2D eigenvalue weighted by atomic mass is 19.1. The largest absolute Gasteiger partial charge is 0.490 e. The van der Waals surface area contributed by atoms with E-state index in [-0.39, 0.29) is 22.7 Å². The highest BCUT2D eigenvalue weighted by Gasteiger charge is 2.20. The van der Waals surface area contributed by atoms with E-state index in [2.05, 4.69) is 0 Å². The second-order valence-corrected chi connectivity index (χ2v) is 6.02. The molecule has 0 spiro atoms. The minimum absolute atomic E-state index is 0.000959. The van der Waals surface area contributed by atoms with Gasteiger partial charge in [-0.2, -0.15) is 8.78 Å². The van der Waals surface area contributed by atoms with Gasteiger partial charge in [0.15, 0.2) is 22.7 Å². The van der Waals surface area contributed by atoms with Crippen molar-refractivity contribution < 1.29 is 22.7 Å². The van der Waals surface area contributed by atoms with Crippen molar-refractivity contribution in [1.29, 1.82) is 0 Å². The maximum Gasteiger partial charge on any atom is 0.208 e. The minimum Gasteiger partial charge on any atom is -0.490 e. The molecule has 0 amide bonds. The maximum atomic E-state index is 14.7. The van der Waals surface area contributed by atoms with Crippen molar-refractivity contribution in [3.05, 3.63) is 48.1 Å². The smallest absolute Gasteiger partial charge is 0.208 e. The van der Waals surface area contributed by atoms with Crippen LogP contribution in [0.15, 0.2) is 40.8 Å². The molecule has 0 unspecified atom stereocenters. The first-order valence-electron chi connectivity index (χ1n) is 8.87. The minimum atomic E-state index is -0.618. The standard InChI is InChI=1S/C21H22F2O3/c1-3-5-7-13-25-17-11-9-15-14-8-10-16(24-12-6-4-2)18(22)20(14)26-21(15)19(17)23/h3,5,8-11H,4,6-7,12-13H2,1-2H3/b5-3+. The van der Waals surface area contributed by atoms with Gasteiger partial charge in [0.2, 0.25) is 11.6 Å². The molecule has 1 aromatic heterocycles. The zero-order valence-corrected chi connectivity index (χ0v) is 15.0. The van der Waals surface area contributed by atoms with E-state index >= 15 is 0 Å². The van der Waals surface area contributed by atoms with E-state index in [9.17, 15) is 8.78 Å². The SMILES string of the molecule is C/C=C/CCOc1ccc2c(oc3c(F)c(OCCCC)ccc32)c1F. The maximum absolute atomic E-state index is 14.7. The Morgan fingerprint density at radius 3 is 2.04 bits per heavy atom. The molecule has 138 valence electrons. The van der Waals surface area contributed by atoms with Crippen LogP contribution in [0.1, 0.15) is 33.1 Å². The second kappa shape index (κ2) is 8.21. The molecule has 5 heteroatoms. The summed E-state index contributed by atoms with van der Waals surface area (Å²) in [6.07, 6.45) is 6.32. The van der Waals surface area contributed by atoms with E-state index in [4.69, 9.17) is 13.9 Å². The van der Waals surface area contributed by atoms with Gasteiger partial charge in [0.25, 0.3) is 0 Å². The van der Waals surface area contributed by atoms with Crippen molar-refractivity contribution in [2.45, 2.75) is 33.1 Å². The van der Waals surface area contributed by atoms with Crippen LogP contribution in [0.3, 0.4) is 0 Å². The molecule has 0 N–H and O–H groups in total. The Hall–Kier alpha value is -2.56. The lowest BCUT2D eigenvalue weighted by atomic mass is 10.1. The fourth-order valence-corrected chi connectivity index (χ4v) is 2.75. The third kappa shape index (κ3) is 3.52. The Morgan fingerprint density at radius 1 is 0.923 bits per heavy atom. The molecule has 3 aromatic rings. The predicted molar refractivity (Wildman–Crippen MR) is 99.0 cm³/mol. The molecule has 0 radical (unpaired) electrons. The summed E-state index contributed by atoms with van der Waals surface area (Å²) in [6, 6.07) is 6.48. The summed E-state index contributed by atoms with van der Waals surface area (Å²) in [5.74, 6) is -1.01. The van der Waals surface area contributed by atoms with Crippen LogP contribution in [0, 0.1) is 11.6 Å². The number of halogens is 2. The van der Waals surface area contributed by atoms with Gasteiger partial charge in [0, 0.05) is 10.8 Å². The van der Waals surface area contributed by atoms with Gasteiger partial charge in [0.05, 0.1) is 13.2 Å². The van der Waals surface area contributed by atoms with Crippen LogP contribution in [-0.2, 0) is 0 Å². The number of rotatable bonds is 8. The first-order chi connectivity index (χ1) is 12.7. The van der Waals surface area contributed by atoms with E-state index in [1.54, 1.807) is 24.3 Å². The van der Waals surface area contributed by atoms with Gasteiger partial charge >= 0.3 is 0 Å². The lowest BCUT2D eigenvalue weighted by Gasteiger charge is -2.06. The van der Waals surface area contributed by atoms with Crippen molar-refractivity contribution in [2.24, 2.45) is 0 Å². The Bertz CT molecular complexity index is 928. The molecule has 0 fully saturated rings. The van der Waals surface area contributed by atoms with Crippen LogP contribution in [-0.4, -0.2) is 13.2 Å². The molecule has 3 rings (SSSR count). The number of unbranched alkanes of at least 4 members (excludes halogenated alkanes) is 1.